The minimum atomic E-state index is 0.335. The summed E-state index contributed by atoms with van der Waals surface area (Å²) in [4.78, 5) is 10.8. The lowest BCUT2D eigenvalue weighted by atomic mass is 10.1. The van der Waals surface area contributed by atoms with Crippen LogP contribution in [0.15, 0.2) is 12.3 Å². The van der Waals surface area contributed by atoms with Gasteiger partial charge in [-0.05, 0) is 32.3 Å². The molecule has 2 heterocycles. The van der Waals surface area contributed by atoms with Gasteiger partial charge in [-0.1, -0.05) is 0 Å². The highest BCUT2D eigenvalue weighted by atomic mass is 16.5. The maximum absolute atomic E-state index is 5.75. The average molecular weight is 250 g/mol. The highest BCUT2D eigenvalue weighted by molar-refractivity contribution is 5.41. The Morgan fingerprint density at radius 1 is 1.50 bits per heavy atom. The minimum absolute atomic E-state index is 0.335. The van der Waals surface area contributed by atoms with Gasteiger partial charge in [0.15, 0.2) is 0 Å². The van der Waals surface area contributed by atoms with Crippen LogP contribution >= 0.6 is 0 Å². The molecule has 100 valence electrons. The van der Waals surface area contributed by atoms with E-state index in [2.05, 4.69) is 27.2 Å². The van der Waals surface area contributed by atoms with Gasteiger partial charge in [-0.2, -0.15) is 4.98 Å². The first kappa shape index (κ1) is 13.1. The summed E-state index contributed by atoms with van der Waals surface area (Å²) in [6, 6.07) is 1.93. The van der Waals surface area contributed by atoms with E-state index in [9.17, 15) is 0 Å². The molecule has 0 amide bonds. The lowest BCUT2D eigenvalue weighted by molar-refractivity contribution is 0.0215. The molecule has 1 aromatic rings. The molecule has 5 heteroatoms. The summed E-state index contributed by atoms with van der Waals surface area (Å²) in [5.41, 5.74) is 0. The standard InChI is InChI=1S/C13H22N4O/c1-3-14-13-15-8-7-12(16-13)17(2)10-11-6-4-5-9-18-11/h7-8,11H,3-6,9-10H2,1-2H3,(H,14,15,16). The van der Waals surface area contributed by atoms with Gasteiger partial charge in [-0.25, -0.2) is 4.98 Å². The van der Waals surface area contributed by atoms with Crippen molar-refractivity contribution in [3.8, 4) is 0 Å². The Kier molecular flexibility index (Phi) is 4.75. The molecule has 0 aromatic carbocycles. The quantitative estimate of drug-likeness (QED) is 0.865. The van der Waals surface area contributed by atoms with Crippen LogP contribution in [-0.4, -0.2) is 42.8 Å². The van der Waals surface area contributed by atoms with Crippen molar-refractivity contribution >= 4 is 11.8 Å². The summed E-state index contributed by atoms with van der Waals surface area (Å²) in [7, 11) is 2.05. The molecule has 0 saturated carbocycles. The van der Waals surface area contributed by atoms with Crippen LogP contribution in [0.4, 0.5) is 11.8 Å². The van der Waals surface area contributed by atoms with Gasteiger partial charge in [-0.15, -0.1) is 0 Å². The number of rotatable bonds is 5. The molecular formula is C13H22N4O. The van der Waals surface area contributed by atoms with E-state index in [4.69, 9.17) is 4.74 Å². The molecule has 1 unspecified atom stereocenters. The fraction of sp³-hybridized carbons (Fsp3) is 0.692. The number of ether oxygens (including phenoxy) is 1. The highest BCUT2D eigenvalue weighted by Gasteiger charge is 2.16. The third-order valence-corrected chi connectivity index (χ3v) is 3.12. The van der Waals surface area contributed by atoms with Gasteiger partial charge < -0.3 is 15.0 Å². The molecule has 0 aliphatic carbocycles. The SMILES string of the molecule is CCNc1nccc(N(C)CC2CCCCO2)n1. The first-order valence-corrected chi connectivity index (χ1v) is 6.69. The molecule has 2 rings (SSSR count). The van der Waals surface area contributed by atoms with Crippen LogP contribution in [0.2, 0.25) is 0 Å². The Balaban J connectivity index is 1.94. The Morgan fingerprint density at radius 2 is 2.39 bits per heavy atom. The molecule has 0 spiro atoms. The monoisotopic (exact) mass is 250 g/mol. The summed E-state index contributed by atoms with van der Waals surface area (Å²) >= 11 is 0. The number of hydrogen-bond acceptors (Lipinski definition) is 5. The van der Waals surface area contributed by atoms with Crippen LogP contribution in [0.1, 0.15) is 26.2 Å². The van der Waals surface area contributed by atoms with Gasteiger partial charge >= 0.3 is 0 Å². The van der Waals surface area contributed by atoms with Gasteiger partial charge in [0, 0.05) is 32.9 Å². The molecule has 0 bridgehead atoms. The Morgan fingerprint density at radius 3 is 3.11 bits per heavy atom. The molecule has 1 aliphatic rings. The van der Waals surface area contributed by atoms with Crippen molar-refractivity contribution in [1.82, 2.24) is 9.97 Å². The van der Waals surface area contributed by atoms with Crippen molar-refractivity contribution in [1.29, 1.82) is 0 Å². The third kappa shape index (κ3) is 3.57. The molecular weight excluding hydrogens is 228 g/mol. The van der Waals surface area contributed by atoms with Gasteiger partial charge in [-0.3, -0.25) is 0 Å². The maximum atomic E-state index is 5.75. The minimum Gasteiger partial charge on any atom is -0.376 e. The predicted octanol–water partition coefficient (Wildman–Crippen LogP) is 1.91. The first-order valence-electron chi connectivity index (χ1n) is 6.69. The first-order chi connectivity index (χ1) is 8.79. The van der Waals surface area contributed by atoms with Crippen molar-refractivity contribution in [2.24, 2.45) is 0 Å². The second-order valence-electron chi connectivity index (χ2n) is 4.64. The fourth-order valence-corrected chi connectivity index (χ4v) is 2.16. The molecule has 1 fully saturated rings. The number of nitrogens with one attached hydrogen (secondary N) is 1. The van der Waals surface area contributed by atoms with E-state index < -0.39 is 0 Å². The zero-order valence-electron chi connectivity index (χ0n) is 11.2. The summed E-state index contributed by atoms with van der Waals surface area (Å²) in [5.74, 6) is 1.63. The zero-order valence-corrected chi connectivity index (χ0v) is 11.2. The number of likely N-dealkylation sites (N-methyl/N-ethyl adjacent to an activating group) is 1. The molecule has 0 radical (unpaired) electrons. The van der Waals surface area contributed by atoms with Crippen LogP contribution in [-0.2, 0) is 4.74 Å². The van der Waals surface area contributed by atoms with Crippen molar-refractivity contribution in [3.05, 3.63) is 12.3 Å². The van der Waals surface area contributed by atoms with Gasteiger partial charge in [0.25, 0.3) is 0 Å². The molecule has 1 atom stereocenters. The Labute approximate surface area is 109 Å². The Hall–Kier alpha value is -1.36. The molecule has 1 aromatic heterocycles. The summed E-state index contributed by atoms with van der Waals surface area (Å²) < 4.78 is 5.75. The Bertz CT molecular complexity index is 366. The lowest BCUT2D eigenvalue weighted by Gasteiger charge is -2.28. The number of anilines is 2. The van der Waals surface area contributed by atoms with E-state index in [0.717, 1.165) is 31.9 Å². The van der Waals surface area contributed by atoms with E-state index in [-0.39, 0.29) is 0 Å². The van der Waals surface area contributed by atoms with E-state index in [1.165, 1.54) is 12.8 Å². The molecule has 5 nitrogen and oxygen atoms in total. The van der Waals surface area contributed by atoms with Gasteiger partial charge in [0.1, 0.15) is 5.82 Å². The van der Waals surface area contributed by atoms with Crippen LogP contribution in [0.5, 0.6) is 0 Å². The number of aromatic nitrogens is 2. The zero-order chi connectivity index (χ0) is 12.8. The molecule has 1 saturated heterocycles. The lowest BCUT2D eigenvalue weighted by Crippen LogP contribution is -2.33. The van der Waals surface area contributed by atoms with Crippen molar-refractivity contribution in [2.45, 2.75) is 32.3 Å². The highest BCUT2D eigenvalue weighted by Crippen LogP contribution is 2.16. The van der Waals surface area contributed by atoms with Crippen LogP contribution in [0.25, 0.3) is 0 Å². The summed E-state index contributed by atoms with van der Waals surface area (Å²) in [6.07, 6.45) is 5.73. The summed E-state index contributed by atoms with van der Waals surface area (Å²) in [6.45, 7) is 4.65. The summed E-state index contributed by atoms with van der Waals surface area (Å²) in [5, 5.41) is 3.13. The second kappa shape index (κ2) is 6.54. The van der Waals surface area contributed by atoms with Gasteiger partial charge in [0.2, 0.25) is 5.95 Å². The van der Waals surface area contributed by atoms with Gasteiger partial charge in [0.05, 0.1) is 6.10 Å². The van der Waals surface area contributed by atoms with E-state index in [1.807, 2.05) is 13.0 Å². The van der Waals surface area contributed by atoms with E-state index in [0.29, 0.717) is 12.1 Å². The second-order valence-corrected chi connectivity index (χ2v) is 4.64. The van der Waals surface area contributed by atoms with Crippen molar-refractivity contribution in [3.63, 3.8) is 0 Å². The largest absolute Gasteiger partial charge is 0.376 e. The molecule has 18 heavy (non-hydrogen) atoms. The molecule has 1 aliphatic heterocycles. The third-order valence-electron chi connectivity index (χ3n) is 3.12. The predicted molar refractivity (Wildman–Crippen MR) is 73.1 cm³/mol. The molecule has 1 N–H and O–H groups in total. The van der Waals surface area contributed by atoms with E-state index in [1.54, 1.807) is 6.20 Å². The fourth-order valence-electron chi connectivity index (χ4n) is 2.16. The number of nitrogens with zero attached hydrogens (tertiary/aromatic N) is 3. The average Bonchev–Trinajstić information content (AvgIpc) is 2.40. The van der Waals surface area contributed by atoms with Crippen molar-refractivity contribution < 1.29 is 4.74 Å². The maximum Gasteiger partial charge on any atom is 0.224 e. The number of hydrogen-bond donors (Lipinski definition) is 1. The van der Waals surface area contributed by atoms with Crippen molar-refractivity contribution in [2.75, 3.05) is 37.0 Å². The smallest absolute Gasteiger partial charge is 0.224 e. The van der Waals surface area contributed by atoms with Crippen LogP contribution in [0.3, 0.4) is 0 Å². The normalized spacial score (nSPS) is 19.6. The van der Waals surface area contributed by atoms with E-state index >= 15 is 0 Å². The van der Waals surface area contributed by atoms with Crippen LogP contribution in [0, 0.1) is 0 Å². The van der Waals surface area contributed by atoms with Crippen LogP contribution < -0.4 is 10.2 Å². The topological polar surface area (TPSA) is 50.3 Å².